The maximum absolute atomic E-state index is 11.6. The number of furan rings is 1. The zero-order valence-corrected chi connectivity index (χ0v) is 11.0. The number of carbonyl (C=O) groups excluding carboxylic acids is 2. The summed E-state index contributed by atoms with van der Waals surface area (Å²) in [6.45, 7) is 0.951. The van der Waals surface area contributed by atoms with E-state index in [1.807, 2.05) is 0 Å². The number of carbonyl (C=O) groups is 3. The van der Waals surface area contributed by atoms with Gasteiger partial charge in [-0.2, -0.15) is 0 Å². The van der Waals surface area contributed by atoms with Crippen LogP contribution in [-0.4, -0.2) is 49.7 Å². The lowest BCUT2D eigenvalue weighted by atomic mass is 10.3. The van der Waals surface area contributed by atoms with Crippen molar-refractivity contribution in [3.8, 4) is 0 Å². The molecular weight excluding hydrogens is 268 g/mol. The van der Waals surface area contributed by atoms with E-state index in [0.29, 0.717) is 13.2 Å². The molecule has 8 nitrogen and oxygen atoms in total. The molecule has 0 bridgehead atoms. The highest BCUT2D eigenvalue weighted by Gasteiger charge is 2.14. The average molecular weight is 284 g/mol. The van der Waals surface area contributed by atoms with Crippen molar-refractivity contribution in [2.24, 2.45) is 0 Å². The van der Waals surface area contributed by atoms with Gasteiger partial charge in [0.1, 0.15) is 6.26 Å². The van der Waals surface area contributed by atoms with Crippen molar-refractivity contribution in [2.75, 3.05) is 26.8 Å². The van der Waals surface area contributed by atoms with E-state index in [1.165, 1.54) is 7.11 Å². The molecule has 0 aliphatic heterocycles. The number of amides is 2. The Kier molecular flexibility index (Phi) is 6.24. The number of carboxylic acids is 1. The van der Waals surface area contributed by atoms with Crippen LogP contribution < -0.4 is 10.6 Å². The predicted octanol–water partition coefficient (Wildman–Crippen LogP) is -0.140. The Morgan fingerprint density at radius 3 is 2.65 bits per heavy atom. The Labute approximate surface area is 115 Å². The zero-order valence-electron chi connectivity index (χ0n) is 11.0. The molecule has 1 aromatic rings. The molecule has 0 aromatic carbocycles. The fourth-order valence-electron chi connectivity index (χ4n) is 1.33. The van der Waals surface area contributed by atoms with Crippen LogP contribution in [0.2, 0.25) is 0 Å². The maximum Gasteiger partial charge on any atom is 0.338 e. The number of aromatic carboxylic acids is 1. The zero-order chi connectivity index (χ0) is 15.0. The number of methoxy groups -OCH3 is 1. The number of nitrogens with one attached hydrogen (secondary N) is 2. The highest BCUT2D eigenvalue weighted by atomic mass is 16.5. The standard InChI is InChI=1S/C12H16N2O6/c1-19-5-4-13-10(15)2-3-14-11(16)9-6-8(7-20-9)12(17)18/h6-7H,2-5H2,1H3,(H,13,15)(H,14,16)(H,17,18). The highest BCUT2D eigenvalue weighted by molar-refractivity contribution is 5.95. The maximum atomic E-state index is 11.6. The monoisotopic (exact) mass is 284 g/mol. The van der Waals surface area contributed by atoms with Crippen molar-refractivity contribution >= 4 is 17.8 Å². The minimum Gasteiger partial charge on any atom is -0.478 e. The predicted molar refractivity (Wildman–Crippen MR) is 67.5 cm³/mol. The normalized spacial score (nSPS) is 10.1. The molecule has 110 valence electrons. The summed E-state index contributed by atoms with van der Waals surface area (Å²) in [5.74, 6) is -2.07. The van der Waals surface area contributed by atoms with Crippen LogP contribution in [0.3, 0.4) is 0 Å². The molecule has 0 fully saturated rings. The Hall–Kier alpha value is -2.35. The van der Waals surface area contributed by atoms with Crippen molar-refractivity contribution in [1.29, 1.82) is 0 Å². The van der Waals surface area contributed by atoms with E-state index in [-0.39, 0.29) is 30.2 Å². The van der Waals surface area contributed by atoms with Crippen molar-refractivity contribution < 1.29 is 28.6 Å². The van der Waals surface area contributed by atoms with E-state index in [9.17, 15) is 14.4 Å². The van der Waals surface area contributed by atoms with Gasteiger partial charge < -0.3 is 24.9 Å². The molecule has 2 amide bonds. The number of rotatable bonds is 8. The Morgan fingerprint density at radius 1 is 1.30 bits per heavy atom. The quantitative estimate of drug-likeness (QED) is 0.572. The van der Waals surface area contributed by atoms with E-state index in [0.717, 1.165) is 12.3 Å². The molecule has 0 saturated carbocycles. The fourth-order valence-corrected chi connectivity index (χ4v) is 1.33. The molecule has 0 atom stereocenters. The van der Waals surface area contributed by atoms with Crippen LogP contribution in [0, 0.1) is 0 Å². The number of ether oxygens (including phenoxy) is 1. The van der Waals surface area contributed by atoms with Crippen LogP contribution in [0.5, 0.6) is 0 Å². The van der Waals surface area contributed by atoms with Crippen LogP contribution in [0.4, 0.5) is 0 Å². The molecule has 1 rings (SSSR count). The molecule has 1 heterocycles. The van der Waals surface area contributed by atoms with E-state index in [2.05, 4.69) is 10.6 Å². The minimum absolute atomic E-state index is 0.104. The molecule has 0 saturated heterocycles. The fraction of sp³-hybridized carbons (Fsp3) is 0.417. The molecule has 0 unspecified atom stereocenters. The SMILES string of the molecule is COCCNC(=O)CCNC(=O)c1cc(C(=O)O)co1. The summed E-state index contributed by atoms with van der Waals surface area (Å²) in [4.78, 5) is 33.5. The Morgan fingerprint density at radius 2 is 2.05 bits per heavy atom. The van der Waals surface area contributed by atoms with Gasteiger partial charge in [0, 0.05) is 32.7 Å². The van der Waals surface area contributed by atoms with Crippen molar-refractivity contribution in [3.05, 3.63) is 23.7 Å². The van der Waals surface area contributed by atoms with Crippen LogP contribution in [0.25, 0.3) is 0 Å². The first-order valence-electron chi connectivity index (χ1n) is 5.90. The third-order valence-electron chi connectivity index (χ3n) is 2.34. The molecule has 0 aliphatic rings. The highest BCUT2D eigenvalue weighted by Crippen LogP contribution is 2.07. The smallest absolute Gasteiger partial charge is 0.338 e. The number of carboxylic acid groups (broad SMARTS) is 1. The van der Waals surface area contributed by atoms with Crippen molar-refractivity contribution in [3.63, 3.8) is 0 Å². The number of hydrogen-bond donors (Lipinski definition) is 3. The van der Waals surface area contributed by atoms with Crippen LogP contribution >= 0.6 is 0 Å². The van der Waals surface area contributed by atoms with Crippen LogP contribution in [-0.2, 0) is 9.53 Å². The Balaban J connectivity index is 2.29. The molecule has 0 aliphatic carbocycles. The summed E-state index contributed by atoms with van der Waals surface area (Å²) in [5.41, 5.74) is -0.104. The second-order valence-corrected chi connectivity index (χ2v) is 3.85. The van der Waals surface area contributed by atoms with Gasteiger partial charge in [-0.15, -0.1) is 0 Å². The first-order valence-corrected chi connectivity index (χ1v) is 5.90. The summed E-state index contributed by atoms with van der Waals surface area (Å²) in [5, 5.41) is 13.7. The van der Waals surface area contributed by atoms with Crippen molar-refractivity contribution in [1.82, 2.24) is 10.6 Å². The van der Waals surface area contributed by atoms with Gasteiger partial charge in [0.2, 0.25) is 5.91 Å². The van der Waals surface area contributed by atoms with Gasteiger partial charge in [0.25, 0.3) is 5.91 Å². The molecular formula is C12H16N2O6. The van der Waals surface area contributed by atoms with Gasteiger partial charge in [0.15, 0.2) is 5.76 Å². The molecule has 8 heteroatoms. The summed E-state index contributed by atoms with van der Waals surface area (Å²) < 4.78 is 9.58. The molecule has 0 radical (unpaired) electrons. The molecule has 20 heavy (non-hydrogen) atoms. The van der Waals surface area contributed by atoms with E-state index in [4.69, 9.17) is 14.3 Å². The van der Waals surface area contributed by atoms with Crippen LogP contribution in [0.1, 0.15) is 27.3 Å². The summed E-state index contributed by atoms with van der Waals surface area (Å²) in [6.07, 6.45) is 1.09. The third-order valence-corrected chi connectivity index (χ3v) is 2.34. The lowest BCUT2D eigenvalue weighted by Crippen LogP contribution is -2.32. The summed E-state index contributed by atoms with van der Waals surface area (Å²) >= 11 is 0. The first kappa shape index (κ1) is 15.7. The van der Waals surface area contributed by atoms with Gasteiger partial charge in [-0.3, -0.25) is 9.59 Å². The van der Waals surface area contributed by atoms with Crippen LogP contribution in [0.15, 0.2) is 16.7 Å². The van der Waals surface area contributed by atoms with Gasteiger partial charge in [-0.1, -0.05) is 0 Å². The second kappa shape index (κ2) is 7.95. The van der Waals surface area contributed by atoms with Gasteiger partial charge in [-0.05, 0) is 0 Å². The van der Waals surface area contributed by atoms with E-state index < -0.39 is 11.9 Å². The molecule has 0 spiro atoms. The minimum atomic E-state index is -1.18. The topological polar surface area (TPSA) is 118 Å². The lowest BCUT2D eigenvalue weighted by molar-refractivity contribution is -0.121. The van der Waals surface area contributed by atoms with Gasteiger partial charge in [0.05, 0.1) is 12.2 Å². The second-order valence-electron chi connectivity index (χ2n) is 3.85. The number of hydrogen-bond acceptors (Lipinski definition) is 5. The molecule has 3 N–H and O–H groups in total. The largest absolute Gasteiger partial charge is 0.478 e. The first-order chi connectivity index (χ1) is 9.54. The van der Waals surface area contributed by atoms with Gasteiger partial charge in [-0.25, -0.2) is 4.79 Å². The average Bonchev–Trinajstić information content (AvgIpc) is 2.88. The van der Waals surface area contributed by atoms with Gasteiger partial charge >= 0.3 is 5.97 Å². The molecule has 1 aromatic heterocycles. The van der Waals surface area contributed by atoms with E-state index >= 15 is 0 Å². The third kappa shape index (κ3) is 5.11. The summed E-state index contributed by atoms with van der Waals surface area (Å²) in [7, 11) is 1.53. The summed E-state index contributed by atoms with van der Waals surface area (Å²) in [6, 6.07) is 1.12. The van der Waals surface area contributed by atoms with E-state index in [1.54, 1.807) is 0 Å². The van der Waals surface area contributed by atoms with Crippen molar-refractivity contribution in [2.45, 2.75) is 6.42 Å². The Bertz CT molecular complexity index is 482. The lowest BCUT2D eigenvalue weighted by Gasteiger charge is -2.05.